The van der Waals surface area contributed by atoms with Crippen LogP contribution in [0.25, 0.3) is 0 Å². The molecule has 31 heavy (non-hydrogen) atoms. The molecular weight excluding hydrogens is 432 g/mol. The van der Waals surface area contributed by atoms with Crippen LogP contribution in [0.3, 0.4) is 0 Å². The number of thioether (sulfide) groups is 1. The molecule has 8 heteroatoms. The van der Waals surface area contributed by atoms with E-state index in [1.165, 1.54) is 17.3 Å². The van der Waals surface area contributed by atoms with Crippen molar-refractivity contribution >= 4 is 35.0 Å². The van der Waals surface area contributed by atoms with Crippen molar-refractivity contribution in [1.29, 1.82) is 0 Å². The average Bonchev–Trinajstić information content (AvgIpc) is 3.16. The molecular formula is C23H27ClN4O2S. The molecule has 0 radical (unpaired) electrons. The van der Waals surface area contributed by atoms with E-state index >= 15 is 0 Å². The van der Waals surface area contributed by atoms with Crippen LogP contribution in [0.4, 0.5) is 5.69 Å². The van der Waals surface area contributed by atoms with E-state index in [-0.39, 0.29) is 17.8 Å². The zero-order chi connectivity index (χ0) is 22.4. The average molecular weight is 459 g/mol. The smallest absolute Gasteiger partial charge is 0.234 e. The third-order valence-electron chi connectivity index (χ3n) is 4.73. The van der Waals surface area contributed by atoms with Gasteiger partial charge in [-0.25, -0.2) is 0 Å². The zero-order valence-electron chi connectivity index (χ0n) is 18.1. The van der Waals surface area contributed by atoms with Crippen molar-refractivity contribution in [2.75, 3.05) is 11.1 Å². The number of halogens is 1. The third kappa shape index (κ3) is 6.24. The lowest BCUT2D eigenvalue weighted by atomic mass is 10.0. The number of nitrogens with zero attached hydrogens (tertiary/aromatic N) is 3. The summed E-state index contributed by atoms with van der Waals surface area (Å²) in [5.41, 5.74) is 1.94. The number of aromatic nitrogens is 3. The Labute approximate surface area is 192 Å². The van der Waals surface area contributed by atoms with Crippen molar-refractivity contribution in [3.05, 3.63) is 64.9 Å². The van der Waals surface area contributed by atoms with Crippen molar-refractivity contribution in [3.63, 3.8) is 0 Å². The Balaban J connectivity index is 1.62. The summed E-state index contributed by atoms with van der Waals surface area (Å²) in [6, 6.07) is 15.2. The Kier molecular flexibility index (Phi) is 7.98. The summed E-state index contributed by atoms with van der Waals surface area (Å²) in [5.74, 6) is 2.08. The van der Waals surface area contributed by atoms with Crippen LogP contribution >= 0.6 is 23.4 Å². The molecule has 1 N–H and O–H groups in total. The number of carbonyl (C=O) groups excluding carboxylic acids is 1. The van der Waals surface area contributed by atoms with Crippen molar-refractivity contribution in [2.45, 2.75) is 51.4 Å². The molecule has 0 saturated heterocycles. The molecule has 3 rings (SSSR count). The van der Waals surface area contributed by atoms with Gasteiger partial charge < -0.3 is 14.6 Å². The van der Waals surface area contributed by atoms with Crippen LogP contribution in [0.1, 0.15) is 51.1 Å². The fraction of sp³-hybridized carbons (Fsp3) is 0.348. The van der Waals surface area contributed by atoms with Gasteiger partial charge in [0.05, 0.1) is 5.75 Å². The molecule has 0 aliphatic rings. The van der Waals surface area contributed by atoms with Gasteiger partial charge in [0.25, 0.3) is 0 Å². The van der Waals surface area contributed by atoms with E-state index < -0.39 is 0 Å². The highest BCUT2D eigenvalue weighted by Gasteiger charge is 2.19. The minimum absolute atomic E-state index is 0.131. The quantitative estimate of drug-likeness (QED) is 0.401. The second kappa shape index (κ2) is 10.7. The molecule has 1 atom stereocenters. The zero-order valence-corrected chi connectivity index (χ0v) is 19.7. The van der Waals surface area contributed by atoms with Crippen LogP contribution in [-0.4, -0.2) is 26.4 Å². The maximum atomic E-state index is 12.3. The maximum Gasteiger partial charge on any atom is 0.234 e. The Hall–Kier alpha value is -2.51. The molecule has 6 nitrogen and oxygen atoms in total. The first-order valence-electron chi connectivity index (χ1n) is 10.2. The first-order chi connectivity index (χ1) is 14.9. The maximum absolute atomic E-state index is 12.3. The van der Waals surface area contributed by atoms with Gasteiger partial charge in [-0.15, -0.1) is 10.2 Å². The number of anilines is 1. The highest BCUT2D eigenvalue weighted by atomic mass is 35.5. The van der Waals surface area contributed by atoms with Crippen LogP contribution in [0.5, 0.6) is 5.75 Å². The number of hydrogen-bond donors (Lipinski definition) is 1. The fourth-order valence-electron chi connectivity index (χ4n) is 3.09. The highest BCUT2D eigenvalue weighted by molar-refractivity contribution is 7.99. The topological polar surface area (TPSA) is 69.0 Å². The van der Waals surface area contributed by atoms with Crippen molar-refractivity contribution in [3.8, 4) is 5.75 Å². The van der Waals surface area contributed by atoms with Gasteiger partial charge in [0.15, 0.2) is 17.1 Å². The van der Waals surface area contributed by atoms with Crippen molar-refractivity contribution in [2.24, 2.45) is 0 Å². The summed E-state index contributed by atoms with van der Waals surface area (Å²) < 4.78 is 8.06. The molecule has 1 aromatic heterocycles. The second-order valence-electron chi connectivity index (χ2n) is 7.42. The Morgan fingerprint density at radius 1 is 1.16 bits per heavy atom. The molecule has 164 valence electrons. The minimum Gasteiger partial charge on any atom is -0.483 e. The van der Waals surface area contributed by atoms with Crippen LogP contribution in [0.15, 0.2) is 53.7 Å². The van der Waals surface area contributed by atoms with Gasteiger partial charge in [-0.2, -0.15) is 0 Å². The first kappa shape index (κ1) is 23.2. The van der Waals surface area contributed by atoms with Gasteiger partial charge in [0.2, 0.25) is 5.91 Å². The van der Waals surface area contributed by atoms with Crippen molar-refractivity contribution < 1.29 is 9.53 Å². The van der Waals surface area contributed by atoms with Gasteiger partial charge in [0.1, 0.15) is 5.75 Å². The molecule has 1 amide bonds. The molecule has 3 aromatic rings. The fourth-order valence-corrected chi connectivity index (χ4v) is 4.09. The number of carbonyl (C=O) groups is 1. The second-order valence-corrected chi connectivity index (χ2v) is 8.79. The van der Waals surface area contributed by atoms with Crippen LogP contribution in [0.2, 0.25) is 5.02 Å². The number of rotatable bonds is 9. The predicted molar refractivity (Wildman–Crippen MR) is 126 cm³/mol. The van der Waals surface area contributed by atoms with Gasteiger partial charge in [-0.3, -0.25) is 4.79 Å². The van der Waals surface area contributed by atoms with Gasteiger partial charge >= 0.3 is 0 Å². The summed E-state index contributed by atoms with van der Waals surface area (Å²) in [7, 11) is 0. The molecule has 1 unspecified atom stereocenters. The Bertz CT molecular complexity index is 1020. The van der Waals surface area contributed by atoms with E-state index in [1.807, 2.05) is 30.5 Å². The summed E-state index contributed by atoms with van der Waals surface area (Å²) >= 11 is 7.30. The molecule has 2 aromatic carbocycles. The van der Waals surface area contributed by atoms with E-state index in [0.29, 0.717) is 28.3 Å². The standard InChI is InChI=1S/C23H27ClN4O2S/c1-5-28-22(16(4)30-20-11-9-17(10-12-20)15(2)3)26-27-23(28)31-14-21(29)25-19-8-6-7-18(24)13-19/h6-13,15-16H,5,14H2,1-4H3,(H,25,29). The number of ether oxygens (including phenoxy) is 1. The van der Waals surface area contributed by atoms with Crippen LogP contribution in [0, 0.1) is 0 Å². The number of amides is 1. The molecule has 0 saturated carbocycles. The summed E-state index contributed by atoms with van der Waals surface area (Å²) in [5, 5.41) is 12.7. The molecule has 1 heterocycles. The van der Waals surface area contributed by atoms with E-state index in [2.05, 4.69) is 41.5 Å². The van der Waals surface area contributed by atoms with Gasteiger partial charge in [-0.1, -0.05) is 55.4 Å². The largest absolute Gasteiger partial charge is 0.483 e. The lowest BCUT2D eigenvalue weighted by molar-refractivity contribution is -0.113. The Morgan fingerprint density at radius 2 is 1.90 bits per heavy atom. The monoisotopic (exact) mass is 458 g/mol. The normalized spacial score (nSPS) is 12.1. The van der Waals surface area contributed by atoms with E-state index in [4.69, 9.17) is 16.3 Å². The molecule has 0 aliphatic heterocycles. The van der Waals surface area contributed by atoms with E-state index in [9.17, 15) is 4.79 Å². The molecule has 0 bridgehead atoms. The number of benzene rings is 2. The molecule has 0 spiro atoms. The summed E-state index contributed by atoms with van der Waals surface area (Å²) in [6.07, 6.45) is -0.271. The number of hydrogen-bond acceptors (Lipinski definition) is 5. The van der Waals surface area contributed by atoms with Crippen LogP contribution in [-0.2, 0) is 11.3 Å². The van der Waals surface area contributed by atoms with Gasteiger partial charge in [0, 0.05) is 17.3 Å². The van der Waals surface area contributed by atoms with Gasteiger partial charge in [-0.05, 0) is 55.7 Å². The third-order valence-corrected chi connectivity index (χ3v) is 5.93. The van der Waals surface area contributed by atoms with Crippen molar-refractivity contribution in [1.82, 2.24) is 14.8 Å². The SMILES string of the molecule is CCn1c(SCC(=O)Nc2cccc(Cl)c2)nnc1C(C)Oc1ccc(C(C)C)cc1. The first-order valence-corrected chi connectivity index (χ1v) is 11.6. The lowest BCUT2D eigenvalue weighted by Gasteiger charge is -2.16. The summed E-state index contributed by atoms with van der Waals surface area (Å²) in [4.78, 5) is 12.3. The summed E-state index contributed by atoms with van der Waals surface area (Å²) in [6.45, 7) is 8.98. The van der Waals surface area contributed by atoms with Crippen LogP contribution < -0.4 is 10.1 Å². The lowest BCUT2D eigenvalue weighted by Crippen LogP contribution is -2.15. The highest BCUT2D eigenvalue weighted by Crippen LogP contribution is 2.26. The Morgan fingerprint density at radius 3 is 2.55 bits per heavy atom. The van der Waals surface area contributed by atoms with E-state index in [1.54, 1.807) is 24.3 Å². The minimum atomic E-state index is -0.271. The van der Waals surface area contributed by atoms with E-state index in [0.717, 1.165) is 11.6 Å². The molecule has 0 fully saturated rings. The predicted octanol–water partition coefficient (Wildman–Crippen LogP) is 5.95. The molecule has 0 aliphatic carbocycles. The number of nitrogens with one attached hydrogen (secondary N) is 1.